The number of hydrogen-bond donors (Lipinski definition) is 3. The number of rotatable bonds is 11. The van der Waals surface area contributed by atoms with Gasteiger partial charge in [-0.2, -0.15) is 28.1 Å². The number of carboxylic acid groups (broad SMARTS) is 1. The van der Waals surface area contributed by atoms with Crippen LogP contribution in [0, 0.1) is 0 Å². The molecule has 0 saturated heterocycles. The van der Waals surface area contributed by atoms with Gasteiger partial charge in [0.05, 0.1) is 24.8 Å². The Hall–Kier alpha value is -5.92. The number of benzene rings is 4. The number of alkyl halides is 3. The molecule has 0 aliphatic carbocycles. The van der Waals surface area contributed by atoms with Crippen molar-refractivity contribution in [3.63, 3.8) is 0 Å². The van der Waals surface area contributed by atoms with E-state index in [0.29, 0.717) is 17.2 Å². The van der Waals surface area contributed by atoms with Crippen molar-refractivity contribution in [3.05, 3.63) is 102 Å². The van der Waals surface area contributed by atoms with Gasteiger partial charge >= 0.3 is 24.2 Å². The molecule has 5 aromatic rings. The van der Waals surface area contributed by atoms with E-state index < -0.39 is 23.7 Å². The number of halogens is 3. The smallest absolute Gasteiger partial charge is 0.416 e. The number of nitrogens with zero attached hydrogens (tertiary/aromatic N) is 4. The quantitative estimate of drug-likeness (QED) is 0.141. The lowest BCUT2D eigenvalue weighted by atomic mass is 10.1. The van der Waals surface area contributed by atoms with Gasteiger partial charge in [-0.15, -0.1) is 0 Å². The highest BCUT2D eigenvalue weighted by Crippen LogP contribution is 2.31. The van der Waals surface area contributed by atoms with E-state index in [4.69, 9.17) is 9.47 Å². The van der Waals surface area contributed by atoms with Gasteiger partial charge in [-0.25, -0.2) is 4.79 Å². The molecule has 0 aliphatic heterocycles. The minimum Gasteiger partial charge on any atom is -0.495 e. The van der Waals surface area contributed by atoms with Crippen molar-refractivity contribution >= 4 is 40.4 Å². The molecule has 236 valence electrons. The van der Waals surface area contributed by atoms with Crippen molar-refractivity contribution in [2.75, 3.05) is 29.2 Å². The Bertz CT molecular complexity index is 1870. The van der Waals surface area contributed by atoms with Gasteiger partial charge in [-0.05, 0) is 52.7 Å². The topological polar surface area (TPSA) is 139 Å². The van der Waals surface area contributed by atoms with Crippen LogP contribution in [-0.4, -0.2) is 45.7 Å². The highest BCUT2D eigenvalue weighted by Gasteiger charge is 2.30. The number of carboxylic acids is 1. The molecule has 0 aliphatic rings. The molecule has 3 N–H and O–H groups in total. The first kappa shape index (κ1) is 31.5. The summed E-state index contributed by atoms with van der Waals surface area (Å²) < 4.78 is 51.5. The summed E-state index contributed by atoms with van der Waals surface area (Å²) in [6.07, 6.45) is -4.97. The van der Waals surface area contributed by atoms with Crippen LogP contribution in [0.4, 0.5) is 35.5 Å². The van der Waals surface area contributed by atoms with Crippen LogP contribution >= 0.6 is 0 Å². The second-order valence-corrected chi connectivity index (χ2v) is 9.90. The maximum Gasteiger partial charge on any atom is 0.416 e. The molecule has 0 fully saturated rings. The first-order valence-electron chi connectivity index (χ1n) is 13.8. The number of aromatic nitrogens is 3. The zero-order chi connectivity index (χ0) is 32.7. The zero-order valence-electron chi connectivity index (χ0n) is 24.3. The van der Waals surface area contributed by atoms with Crippen LogP contribution in [0.1, 0.15) is 17.5 Å². The third-order valence-corrected chi connectivity index (χ3v) is 6.62. The van der Waals surface area contributed by atoms with Crippen LogP contribution in [0.25, 0.3) is 10.8 Å². The van der Waals surface area contributed by atoms with Crippen molar-refractivity contribution in [1.29, 1.82) is 0 Å². The first-order valence-corrected chi connectivity index (χ1v) is 13.8. The van der Waals surface area contributed by atoms with Crippen LogP contribution in [0.2, 0.25) is 0 Å². The lowest BCUT2D eigenvalue weighted by Gasteiger charge is -2.23. The number of carbonyl (C=O) groups is 2. The number of urea groups is 1. The molecule has 0 bridgehead atoms. The highest BCUT2D eigenvalue weighted by molar-refractivity contribution is 5.99. The number of fused-ring (bicyclic) bond motifs is 1. The van der Waals surface area contributed by atoms with Crippen LogP contribution < -0.4 is 25.0 Å². The number of nitrogens with one attached hydrogen (secondary N) is 2. The molecule has 11 nitrogen and oxygen atoms in total. The molecule has 2 amide bonds. The van der Waals surface area contributed by atoms with E-state index in [1.165, 1.54) is 24.1 Å². The molecule has 0 unspecified atom stereocenters. The Morgan fingerprint density at radius 1 is 0.870 bits per heavy atom. The van der Waals surface area contributed by atoms with Gasteiger partial charge in [0.2, 0.25) is 11.9 Å². The fourth-order valence-corrected chi connectivity index (χ4v) is 4.47. The van der Waals surface area contributed by atoms with Crippen molar-refractivity contribution in [3.8, 4) is 17.5 Å². The van der Waals surface area contributed by atoms with Crippen LogP contribution in [-0.2, 0) is 17.5 Å². The van der Waals surface area contributed by atoms with Crippen molar-refractivity contribution < 1.29 is 37.3 Å². The van der Waals surface area contributed by atoms with E-state index in [2.05, 4.69) is 25.6 Å². The molecule has 14 heteroatoms. The number of amides is 2. The maximum absolute atomic E-state index is 13.4. The van der Waals surface area contributed by atoms with Crippen LogP contribution in [0.15, 0.2) is 91.0 Å². The number of hydrogen-bond acceptors (Lipinski definition) is 8. The monoisotopic (exact) mass is 632 g/mol. The van der Waals surface area contributed by atoms with Gasteiger partial charge in [0.25, 0.3) is 0 Å². The Balaban J connectivity index is 1.50. The molecular weight excluding hydrogens is 605 g/mol. The molecule has 0 radical (unpaired) electrons. The van der Waals surface area contributed by atoms with Crippen molar-refractivity contribution in [2.45, 2.75) is 19.1 Å². The predicted octanol–water partition coefficient (Wildman–Crippen LogP) is 6.97. The number of carbonyl (C=O) groups excluding carboxylic acids is 1. The standard InChI is InChI=1S/C32H27F3N6O5/c1-45-26-12-5-4-11-25(26)36-30(44)38-28-37-29(40-31(39-28)46-24-14-13-21-8-2-3-9-22(21)18-24)41(16-15-27(42)43)19-20-7-6-10-23(17-20)32(33,34)35/h2-14,17-18H,15-16,19H2,1H3,(H,42,43)(H2,36,37,38,39,40,44). The minimum atomic E-state index is -4.58. The molecule has 1 heterocycles. The molecule has 4 aromatic carbocycles. The van der Waals surface area contributed by atoms with E-state index in [9.17, 15) is 27.9 Å². The lowest BCUT2D eigenvalue weighted by Crippen LogP contribution is -2.29. The molecule has 0 saturated carbocycles. The van der Waals surface area contributed by atoms with Gasteiger partial charge in [0, 0.05) is 13.1 Å². The number of anilines is 3. The third kappa shape index (κ3) is 8.16. The fraction of sp³-hybridized carbons (Fsp3) is 0.156. The van der Waals surface area contributed by atoms with Crippen molar-refractivity contribution in [2.24, 2.45) is 0 Å². The lowest BCUT2D eigenvalue weighted by molar-refractivity contribution is -0.138. The molecule has 46 heavy (non-hydrogen) atoms. The van der Waals surface area contributed by atoms with E-state index in [1.807, 2.05) is 30.3 Å². The maximum atomic E-state index is 13.4. The molecular formula is C32H27F3N6O5. The van der Waals surface area contributed by atoms with Gasteiger partial charge in [-0.1, -0.05) is 54.6 Å². The highest BCUT2D eigenvalue weighted by atomic mass is 19.4. The molecule has 0 atom stereocenters. The Kier molecular flexibility index (Phi) is 9.45. The summed E-state index contributed by atoms with van der Waals surface area (Å²) in [5.74, 6) is -0.801. The van der Waals surface area contributed by atoms with Crippen LogP contribution in [0.5, 0.6) is 17.5 Å². The van der Waals surface area contributed by atoms with E-state index in [-0.39, 0.29) is 43.0 Å². The normalized spacial score (nSPS) is 11.1. The third-order valence-electron chi connectivity index (χ3n) is 6.62. The Morgan fingerprint density at radius 3 is 2.39 bits per heavy atom. The number of ether oxygens (including phenoxy) is 2. The second kappa shape index (κ2) is 13.8. The second-order valence-electron chi connectivity index (χ2n) is 9.90. The minimum absolute atomic E-state index is 0.142. The average Bonchev–Trinajstić information content (AvgIpc) is 3.02. The average molecular weight is 633 g/mol. The van der Waals surface area contributed by atoms with Gasteiger partial charge in [-0.3, -0.25) is 10.1 Å². The number of aliphatic carboxylic acids is 1. The number of methoxy groups -OCH3 is 1. The molecule has 1 aromatic heterocycles. The summed E-state index contributed by atoms with van der Waals surface area (Å²) in [6, 6.07) is 23.2. The SMILES string of the molecule is COc1ccccc1NC(=O)Nc1nc(Oc2ccc3ccccc3c2)nc(N(CCC(=O)O)Cc2cccc(C(F)(F)F)c2)n1. The molecule has 0 spiro atoms. The summed E-state index contributed by atoms with van der Waals surface area (Å²) in [5, 5.41) is 16.4. The van der Waals surface area contributed by atoms with Gasteiger partial charge in [0.15, 0.2) is 0 Å². The summed E-state index contributed by atoms with van der Waals surface area (Å²) in [7, 11) is 1.45. The van der Waals surface area contributed by atoms with E-state index in [0.717, 1.165) is 22.9 Å². The van der Waals surface area contributed by atoms with E-state index >= 15 is 0 Å². The Labute approximate surface area is 260 Å². The summed E-state index contributed by atoms with van der Waals surface area (Å²) in [6.45, 7) is -0.374. The van der Waals surface area contributed by atoms with Crippen LogP contribution in [0.3, 0.4) is 0 Å². The number of para-hydroxylation sites is 2. The summed E-state index contributed by atoms with van der Waals surface area (Å²) in [5.41, 5.74) is -0.285. The van der Waals surface area contributed by atoms with E-state index in [1.54, 1.807) is 36.4 Å². The largest absolute Gasteiger partial charge is 0.495 e. The van der Waals surface area contributed by atoms with Gasteiger partial charge < -0.3 is 24.8 Å². The summed E-state index contributed by atoms with van der Waals surface area (Å²) >= 11 is 0. The van der Waals surface area contributed by atoms with Crippen molar-refractivity contribution in [1.82, 2.24) is 15.0 Å². The zero-order valence-corrected chi connectivity index (χ0v) is 24.3. The fourth-order valence-electron chi connectivity index (χ4n) is 4.47. The first-order chi connectivity index (χ1) is 22.1. The van der Waals surface area contributed by atoms with Gasteiger partial charge in [0.1, 0.15) is 11.5 Å². The molecule has 5 rings (SSSR count). The summed E-state index contributed by atoms with van der Waals surface area (Å²) in [4.78, 5) is 38.7. The predicted molar refractivity (Wildman–Crippen MR) is 164 cm³/mol. The Morgan fingerprint density at radius 2 is 1.63 bits per heavy atom.